The highest BCUT2D eigenvalue weighted by molar-refractivity contribution is 6.03. The van der Waals surface area contributed by atoms with Crippen LogP contribution in [0.5, 0.6) is 0 Å². The lowest BCUT2D eigenvalue weighted by Gasteiger charge is -2.04. The summed E-state index contributed by atoms with van der Waals surface area (Å²) in [5.41, 5.74) is 9.76. The molecule has 0 saturated heterocycles. The van der Waals surface area contributed by atoms with Gasteiger partial charge < -0.3 is 5.73 Å². The molecule has 5 nitrogen and oxygen atoms in total. The third-order valence-electron chi connectivity index (χ3n) is 1.80. The molecule has 14 heavy (non-hydrogen) atoms. The van der Waals surface area contributed by atoms with Crippen molar-refractivity contribution < 1.29 is 4.79 Å². The summed E-state index contributed by atoms with van der Waals surface area (Å²) in [4.78, 5) is 10.7. The molecular weight excluding hydrogens is 180 g/mol. The molecule has 74 valence electrons. The van der Waals surface area contributed by atoms with Crippen LogP contribution in [-0.4, -0.2) is 12.1 Å². The molecule has 5 heteroatoms. The summed E-state index contributed by atoms with van der Waals surface area (Å²) in [7, 11) is 0. The Morgan fingerprint density at radius 2 is 2.29 bits per heavy atom. The second kappa shape index (κ2) is 4.38. The number of hydrogen-bond donors (Lipinski definition) is 3. The van der Waals surface area contributed by atoms with Gasteiger partial charge in [0.1, 0.15) is 0 Å². The van der Waals surface area contributed by atoms with Gasteiger partial charge in [-0.1, -0.05) is 17.7 Å². The van der Waals surface area contributed by atoms with Crippen molar-refractivity contribution in [3.05, 3.63) is 34.9 Å². The average molecular weight is 192 g/mol. The SMILES string of the molecule is Cc1ccc(C=O)c(/C(N)=N/NN)c1. The summed E-state index contributed by atoms with van der Waals surface area (Å²) in [6.07, 6.45) is 0.730. The Hall–Kier alpha value is -1.88. The van der Waals surface area contributed by atoms with Gasteiger partial charge in [0.2, 0.25) is 0 Å². The second-order valence-electron chi connectivity index (χ2n) is 2.83. The Kier molecular flexibility index (Phi) is 3.19. The fraction of sp³-hybridized carbons (Fsp3) is 0.111. The number of carbonyl (C=O) groups is 1. The smallest absolute Gasteiger partial charge is 0.152 e. The molecular formula is C9H12N4O. The summed E-state index contributed by atoms with van der Waals surface area (Å²) in [5, 5.41) is 3.61. The number of benzene rings is 1. The number of nitrogens with zero attached hydrogens (tertiary/aromatic N) is 1. The molecule has 1 rings (SSSR count). The molecule has 0 atom stereocenters. The summed E-state index contributed by atoms with van der Waals surface area (Å²) in [6.45, 7) is 1.90. The zero-order valence-corrected chi connectivity index (χ0v) is 7.82. The van der Waals surface area contributed by atoms with Crippen molar-refractivity contribution in [3.63, 3.8) is 0 Å². The zero-order chi connectivity index (χ0) is 10.6. The number of amidine groups is 1. The number of aldehydes is 1. The highest BCUT2D eigenvalue weighted by Gasteiger charge is 2.05. The van der Waals surface area contributed by atoms with Gasteiger partial charge in [0.05, 0.1) is 0 Å². The Morgan fingerprint density at radius 3 is 2.86 bits per heavy atom. The number of carbonyl (C=O) groups excluding carboxylic acids is 1. The Morgan fingerprint density at radius 1 is 1.57 bits per heavy atom. The summed E-state index contributed by atoms with van der Waals surface area (Å²) < 4.78 is 0. The van der Waals surface area contributed by atoms with E-state index in [1.165, 1.54) is 0 Å². The number of hydrazine groups is 1. The van der Waals surface area contributed by atoms with E-state index in [1.54, 1.807) is 12.1 Å². The van der Waals surface area contributed by atoms with Crippen molar-refractivity contribution in [1.29, 1.82) is 0 Å². The lowest BCUT2D eigenvalue weighted by Crippen LogP contribution is -2.24. The molecule has 0 saturated carbocycles. The van der Waals surface area contributed by atoms with Crippen LogP contribution in [0.4, 0.5) is 0 Å². The van der Waals surface area contributed by atoms with Gasteiger partial charge >= 0.3 is 0 Å². The zero-order valence-electron chi connectivity index (χ0n) is 7.82. The first-order valence-electron chi connectivity index (χ1n) is 4.04. The van der Waals surface area contributed by atoms with Gasteiger partial charge in [0, 0.05) is 11.1 Å². The van der Waals surface area contributed by atoms with Crippen molar-refractivity contribution in [2.45, 2.75) is 6.92 Å². The van der Waals surface area contributed by atoms with Gasteiger partial charge in [0.15, 0.2) is 12.1 Å². The molecule has 5 N–H and O–H groups in total. The first-order valence-corrected chi connectivity index (χ1v) is 4.04. The van der Waals surface area contributed by atoms with E-state index in [9.17, 15) is 4.79 Å². The predicted molar refractivity (Wildman–Crippen MR) is 54.6 cm³/mol. The Labute approximate surface area is 81.8 Å². The van der Waals surface area contributed by atoms with Gasteiger partial charge in [-0.15, -0.1) is 5.10 Å². The van der Waals surface area contributed by atoms with Gasteiger partial charge in [-0.25, -0.2) is 11.4 Å². The van der Waals surface area contributed by atoms with E-state index in [1.807, 2.05) is 13.0 Å². The van der Waals surface area contributed by atoms with Gasteiger partial charge in [-0.2, -0.15) is 0 Å². The largest absolute Gasteiger partial charge is 0.382 e. The number of hydrogen-bond acceptors (Lipinski definition) is 4. The summed E-state index contributed by atoms with van der Waals surface area (Å²) >= 11 is 0. The van der Waals surface area contributed by atoms with E-state index in [0.29, 0.717) is 11.1 Å². The normalized spacial score (nSPS) is 11.1. The number of hydrazone groups is 1. The van der Waals surface area contributed by atoms with Crippen LogP contribution in [0.15, 0.2) is 23.3 Å². The van der Waals surface area contributed by atoms with Gasteiger partial charge in [0.25, 0.3) is 0 Å². The minimum Gasteiger partial charge on any atom is -0.382 e. The van der Waals surface area contributed by atoms with E-state index in [0.717, 1.165) is 11.8 Å². The van der Waals surface area contributed by atoms with Crippen LogP contribution >= 0.6 is 0 Å². The lowest BCUT2D eigenvalue weighted by atomic mass is 10.0. The van der Waals surface area contributed by atoms with Crippen LogP contribution in [0.2, 0.25) is 0 Å². The topological polar surface area (TPSA) is 93.5 Å². The number of nitrogens with one attached hydrogen (secondary N) is 1. The fourth-order valence-corrected chi connectivity index (χ4v) is 1.12. The van der Waals surface area contributed by atoms with Gasteiger partial charge in [-0.3, -0.25) is 4.79 Å². The van der Waals surface area contributed by atoms with Crippen molar-refractivity contribution in [2.24, 2.45) is 16.7 Å². The van der Waals surface area contributed by atoms with Crippen LogP contribution in [-0.2, 0) is 0 Å². The molecule has 0 aromatic heterocycles. The van der Waals surface area contributed by atoms with Crippen molar-refractivity contribution in [2.75, 3.05) is 0 Å². The molecule has 1 aromatic rings. The fourth-order valence-electron chi connectivity index (χ4n) is 1.12. The predicted octanol–water partition coefficient (Wildman–Crippen LogP) is -0.109. The first-order chi connectivity index (χ1) is 6.69. The van der Waals surface area contributed by atoms with Crippen LogP contribution in [0.3, 0.4) is 0 Å². The maximum absolute atomic E-state index is 10.7. The Bertz CT molecular complexity index is 373. The molecule has 0 aliphatic rings. The highest BCUT2D eigenvalue weighted by Crippen LogP contribution is 2.09. The molecule has 0 aliphatic carbocycles. The van der Waals surface area contributed by atoms with E-state index >= 15 is 0 Å². The number of rotatable bonds is 3. The quantitative estimate of drug-likeness (QED) is 0.205. The van der Waals surface area contributed by atoms with E-state index in [2.05, 4.69) is 10.6 Å². The minimum atomic E-state index is 0.193. The van der Waals surface area contributed by atoms with Crippen LogP contribution in [0.1, 0.15) is 21.5 Å². The maximum Gasteiger partial charge on any atom is 0.152 e. The monoisotopic (exact) mass is 192 g/mol. The van der Waals surface area contributed by atoms with E-state index in [-0.39, 0.29) is 5.84 Å². The van der Waals surface area contributed by atoms with Crippen molar-refractivity contribution in [1.82, 2.24) is 5.53 Å². The average Bonchev–Trinajstić information content (AvgIpc) is 2.18. The van der Waals surface area contributed by atoms with Crippen LogP contribution < -0.4 is 17.1 Å². The molecule has 0 unspecified atom stereocenters. The highest BCUT2D eigenvalue weighted by atomic mass is 16.1. The van der Waals surface area contributed by atoms with Crippen LogP contribution in [0.25, 0.3) is 0 Å². The van der Waals surface area contributed by atoms with Crippen molar-refractivity contribution in [3.8, 4) is 0 Å². The molecule has 0 radical (unpaired) electrons. The maximum atomic E-state index is 10.7. The summed E-state index contributed by atoms with van der Waals surface area (Å²) in [6, 6.07) is 5.30. The van der Waals surface area contributed by atoms with Gasteiger partial charge in [-0.05, 0) is 13.0 Å². The van der Waals surface area contributed by atoms with Crippen molar-refractivity contribution >= 4 is 12.1 Å². The Balaban J connectivity index is 3.23. The third kappa shape index (κ3) is 2.08. The lowest BCUT2D eigenvalue weighted by molar-refractivity contribution is 0.112. The molecule has 0 bridgehead atoms. The van der Waals surface area contributed by atoms with E-state index < -0.39 is 0 Å². The number of nitrogens with two attached hydrogens (primary N) is 2. The first kappa shape index (κ1) is 10.2. The molecule has 0 fully saturated rings. The standard InChI is InChI=1S/C9H12N4O/c1-6-2-3-7(5-14)8(4-6)9(10)12-13-11/h2-5,13H,11H2,1H3,(H2,10,12). The van der Waals surface area contributed by atoms with Crippen LogP contribution in [0, 0.1) is 6.92 Å². The molecule has 0 spiro atoms. The third-order valence-corrected chi connectivity index (χ3v) is 1.80. The number of aryl methyl sites for hydroxylation is 1. The summed E-state index contributed by atoms with van der Waals surface area (Å²) in [5.74, 6) is 5.18. The second-order valence-corrected chi connectivity index (χ2v) is 2.83. The molecule has 0 heterocycles. The molecule has 0 aliphatic heterocycles. The molecule has 1 aromatic carbocycles. The minimum absolute atomic E-state index is 0.193. The molecule has 0 amide bonds. The van der Waals surface area contributed by atoms with E-state index in [4.69, 9.17) is 11.6 Å².